The molecule has 1 amide bonds. The Morgan fingerprint density at radius 2 is 2.47 bits per heavy atom. The van der Waals surface area contributed by atoms with Crippen molar-refractivity contribution in [2.24, 2.45) is 0 Å². The fraction of sp³-hybridized carbons (Fsp3) is 0.500. The van der Waals surface area contributed by atoms with Gasteiger partial charge in [-0.25, -0.2) is 0 Å². The first kappa shape index (κ1) is 11.2. The van der Waals surface area contributed by atoms with Crippen LogP contribution in [-0.4, -0.2) is 16.6 Å². The van der Waals surface area contributed by atoms with Gasteiger partial charge in [-0.05, 0) is 20.3 Å². The molecule has 0 fully saturated rings. The molecule has 1 unspecified atom stereocenters. The number of hydrogen-bond acceptors (Lipinski definition) is 4. The number of nitrogens with zero attached hydrogens (tertiary/aromatic N) is 2. The standard InChI is InChI=1S/C10H13N3O2/c1-4-10(3,6-11)12-9(14)8-5-7(2)15-13-8/h5H,4H2,1-3H3,(H,12,14). The van der Waals surface area contributed by atoms with E-state index in [9.17, 15) is 4.79 Å². The molecule has 0 spiro atoms. The highest BCUT2D eigenvalue weighted by atomic mass is 16.5. The molecule has 80 valence electrons. The molecule has 0 saturated heterocycles. The number of amides is 1. The van der Waals surface area contributed by atoms with E-state index in [4.69, 9.17) is 9.78 Å². The van der Waals surface area contributed by atoms with Crippen molar-refractivity contribution in [3.8, 4) is 6.07 Å². The maximum Gasteiger partial charge on any atom is 0.274 e. The van der Waals surface area contributed by atoms with Gasteiger partial charge in [-0.15, -0.1) is 0 Å². The molecule has 0 radical (unpaired) electrons. The Morgan fingerprint density at radius 1 is 1.80 bits per heavy atom. The lowest BCUT2D eigenvalue weighted by Gasteiger charge is -2.20. The molecule has 0 bridgehead atoms. The number of nitrogens with one attached hydrogen (secondary N) is 1. The zero-order chi connectivity index (χ0) is 11.5. The van der Waals surface area contributed by atoms with Gasteiger partial charge in [0, 0.05) is 6.07 Å². The first-order valence-corrected chi connectivity index (χ1v) is 4.68. The second-order valence-corrected chi connectivity index (χ2v) is 3.57. The molecule has 0 aromatic carbocycles. The Balaban J connectivity index is 2.76. The minimum atomic E-state index is -0.857. The van der Waals surface area contributed by atoms with Crippen molar-refractivity contribution in [3.05, 3.63) is 17.5 Å². The summed E-state index contributed by atoms with van der Waals surface area (Å²) in [6, 6.07) is 3.58. The Morgan fingerprint density at radius 3 is 2.87 bits per heavy atom. The van der Waals surface area contributed by atoms with Crippen LogP contribution >= 0.6 is 0 Å². The lowest BCUT2D eigenvalue weighted by Crippen LogP contribution is -2.44. The number of carbonyl (C=O) groups excluding carboxylic acids is 1. The second kappa shape index (κ2) is 4.13. The molecule has 0 aliphatic carbocycles. The summed E-state index contributed by atoms with van der Waals surface area (Å²) in [5, 5.41) is 15.0. The molecule has 1 heterocycles. The summed E-state index contributed by atoms with van der Waals surface area (Å²) < 4.78 is 4.77. The van der Waals surface area contributed by atoms with Crippen molar-refractivity contribution in [1.82, 2.24) is 10.5 Å². The predicted molar refractivity (Wildman–Crippen MR) is 53.0 cm³/mol. The van der Waals surface area contributed by atoms with Gasteiger partial charge in [-0.2, -0.15) is 5.26 Å². The van der Waals surface area contributed by atoms with Crippen molar-refractivity contribution >= 4 is 5.91 Å². The molecule has 0 aliphatic heterocycles. The van der Waals surface area contributed by atoms with E-state index < -0.39 is 11.4 Å². The monoisotopic (exact) mass is 207 g/mol. The minimum absolute atomic E-state index is 0.197. The molecule has 1 aromatic heterocycles. The molecule has 5 nitrogen and oxygen atoms in total. The van der Waals surface area contributed by atoms with Crippen molar-refractivity contribution < 1.29 is 9.32 Å². The maximum absolute atomic E-state index is 11.6. The van der Waals surface area contributed by atoms with Gasteiger partial charge in [0.1, 0.15) is 11.3 Å². The fourth-order valence-corrected chi connectivity index (χ4v) is 0.983. The molecule has 15 heavy (non-hydrogen) atoms. The lowest BCUT2D eigenvalue weighted by molar-refractivity contribution is 0.0913. The summed E-state index contributed by atoms with van der Waals surface area (Å²) >= 11 is 0. The molecule has 5 heteroatoms. The molecule has 1 atom stereocenters. The summed E-state index contributed by atoms with van der Waals surface area (Å²) in [5.74, 6) is 0.174. The van der Waals surface area contributed by atoms with Gasteiger partial charge >= 0.3 is 0 Å². The van der Waals surface area contributed by atoms with E-state index >= 15 is 0 Å². The molecule has 0 saturated carbocycles. The van der Waals surface area contributed by atoms with Gasteiger partial charge < -0.3 is 9.84 Å². The number of rotatable bonds is 3. The molecule has 1 aromatic rings. The van der Waals surface area contributed by atoms with Gasteiger partial charge in [-0.3, -0.25) is 4.79 Å². The zero-order valence-electron chi connectivity index (χ0n) is 9.00. The Labute approximate surface area is 88.1 Å². The molecular formula is C10H13N3O2. The lowest BCUT2D eigenvalue weighted by atomic mass is 10.0. The van der Waals surface area contributed by atoms with Crippen LogP contribution in [0.3, 0.4) is 0 Å². The minimum Gasteiger partial charge on any atom is -0.361 e. The molecular weight excluding hydrogens is 194 g/mol. The average molecular weight is 207 g/mol. The Kier molecular flexibility index (Phi) is 3.10. The molecule has 0 aliphatic rings. The van der Waals surface area contributed by atoms with E-state index in [2.05, 4.69) is 10.5 Å². The normalized spacial score (nSPS) is 14.0. The third-order valence-electron chi connectivity index (χ3n) is 2.20. The van der Waals surface area contributed by atoms with Gasteiger partial charge in [-0.1, -0.05) is 12.1 Å². The van der Waals surface area contributed by atoms with Crippen LogP contribution in [0.4, 0.5) is 0 Å². The van der Waals surface area contributed by atoms with E-state index in [1.165, 1.54) is 6.07 Å². The average Bonchev–Trinajstić information content (AvgIpc) is 2.65. The van der Waals surface area contributed by atoms with Crippen LogP contribution in [0.2, 0.25) is 0 Å². The van der Waals surface area contributed by atoms with Crippen LogP contribution in [0.15, 0.2) is 10.6 Å². The number of carbonyl (C=O) groups is 1. The third-order valence-corrected chi connectivity index (χ3v) is 2.20. The zero-order valence-corrected chi connectivity index (χ0v) is 9.00. The smallest absolute Gasteiger partial charge is 0.274 e. The predicted octanol–water partition coefficient (Wildman–Crippen LogP) is 1.41. The highest BCUT2D eigenvalue weighted by Gasteiger charge is 2.25. The van der Waals surface area contributed by atoms with Crippen molar-refractivity contribution in [3.63, 3.8) is 0 Å². The fourth-order valence-electron chi connectivity index (χ4n) is 0.983. The van der Waals surface area contributed by atoms with Crippen LogP contribution in [0.1, 0.15) is 36.5 Å². The quantitative estimate of drug-likeness (QED) is 0.812. The van der Waals surface area contributed by atoms with Crippen LogP contribution < -0.4 is 5.32 Å². The number of hydrogen-bond donors (Lipinski definition) is 1. The van der Waals surface area contributed by atoms with Crippen LogP contribution in [-0.2, 0) is 0 Å². The van der Waals surface area contributed by atoms with Gasteiger partial charge in [0.15, 0.2) is 5.69 Å². The van der Waals surface area contributed by atoms with E-state index in [1.54, 1.807) is 13.8 Å². The highest BCUT2D eigenvalue weighted by Crippen LogP contribution is 2.09. The van der Waals surface area contributed by atoms with E-state index in [1.807, 2.05) is 13.0 Å². The summed E-state index contributed by atoms with van der Waals surface area (Å²) in [7, 11) is 0. The number of nitriles is 1. The Hall–Kier alpha value is -1.83. The summed E-state index contributed by atoms with van der Waals surface area (Å²) in [6.45, 7) is 5.20. The molecule has 1 N–H and O–H groups in total. The molecule has 1 rings (SSSR count). The van der Waals surface area contributed by atoms with Gasteiger partial charge in [0.25, 0.3) is 5.91 Å². The number of aryl methyl sites for hydroxylation is 1. The van der Waals surface area contributed by atoms with Crippen LogP contribution in [0.25, 0.3) is 0 Å². The second-order valence-electron chi connectivity index (χ2n) is 3.57. The summed E-state index contributed by atoms with van der Waals surface area (Å²) in [5.41, 5.74) is -0.661. The topological polar surface area (TPSA) is 78.9 Å². The number of aromatic nitrogens is 1. The van der Waals surface area contributed by atoms with E-state index in [0.717, 1.165) is 0 Å². The van der Waals surface area contributed by atoms with E-state index in [0.29, 0.717) is 12.2 Å². The van der Waals surface area contributed by atoms with Crippen molar-refractivity contribution in [2.45, 2.75) is 32.7 Å². The van der Waals surface area contributed by atoms with Crippen molar-refractivity contribution in [2.75, 3.05) is 0 Å². The summed E-state index contributed by atoms with van der Waals surface area (Å²) in [6.07, 6.45) is 0.534. The van der Waals surface area contributed by atoms with Gasteiger partial charge in [0.2, 0.25) is 0 Å². The maximum atomic E-state index is 11.6. The van der Waals surface area contributed by atoms with Crippen LogP contribution in [0.5, 0.6) is 0 Å². The Bertz CT molecular complexity index is 405. The first-order chi connectivity index (χ1) is 7.00. The highest BCUT2D eigenvalue weighted by molar-refractivity contribution is 5.92. The van der Waals surface area contributed by atoms with Crippen LogP contribution in [0, 0.1) is 18.3 Å². The SMILES string of the molecule is CCC(C)(C#N)NC(=O)c1cc(C)on1. The largest absolute Gasteiger partial charge is 0.361 e. The summed E-state index contributed by atoms with van der Waals surface area (Å²) in [4.78, 5) is 11.6. The van der Waals surface area contributed by atoms with Crippen molar-refractivity contribution in [1.29, 1.82) is 5.26 Å². The first-order valence-electron chi connectivity index (χ1n) is 4.68. The third kappa shape index (κ3) is 2.56. The van der Waals surface area contributed by atoms with Gasteiger partial charge in [0.05, 0.1) is 6.07 Å². The van der Waals surface area contributed by atoms with E-state index in [-0.39, 0.29) is 5.69 Å².